The van der Waals surface area contributed by atoms with E-state index in [4.69, 9.17) is 9.72 Å². The summed E-state index contributed by atoms with van der Waals surface area (Å²) in [4.78, 5) is 22.2. The third-order valence-corrected chi connectivity index (χ3v) is 8.65. The molecule has 0 spiro atoms. The van der Waals surface area contributed by atoms with Gasteiger partial charge in [0.25, 0.3) is 0 Å². The van der Waals surface area contributed by atoms with Crippen LogP contribution in [0.5, 0.6) is 0 Å². The van der Waals surface area contributed by atoms with Gasteiger partial charge in [-0.25, -0.2) is 13.8 Å². The lowest BCUT2D eigenvalue weighted by molar-refractivity contribution is -0.134. The molecule has 3 aliphatic rings. The normalized spacial score (nSPS) is 24.9. The van der Waals surface area contributed by atoms with Crippen LogP contribution in [0.3, 0.4) is 0 Å². The Morgan fingerprint density at radius 3 is 2.58 bits per heavy atom. The first-order valence-corrected chi connectivity index (χ1v) is 12.1. The summed E-state index contributed by atoms with van der Waals surface area (Å²) in [6, 6.07) is 5.49. The zero-order valence-corrected chi connectivity index (χ0v) is 20.1. The molecule has 2 aromatic heterocycles. The Bertz CT molecular complexity index is 1370. The van der Waals surface area contributed by atoms with Gasteiger partial charge >= 0.3 is 0 Å². The minimum atomic E-state index is -0.684. The fourth-order valence-electron chi connectivity index (χ4n) is 6.53. The molecule has 0 amide bonds. The van der Waals surface area contributed by atoms with E-state index in [1.807, 2.05) is 0 Å². The fourth-order valence-corrected chi connectivity index (χ4v) is 6.53. The topological polar surface area (TPSA) is 98.1 Å². The van der Waals surface area contributed by atoms with E-state index in [2.05, 4.69) is 29.0 Å². The van der Waals surface area contributed by atoms with Crippen LogP contribution in [0.25, 0.3) is 11.3 Å². The van der Waals surface area contributed by atoms with Gasteiger partial charge < -0.3 is 9.84 Å². The van der Waals surface area contributed by atoms with Crippen LogP contribution >= 0.6 is 0 Å². The number of aromatic nitrogens is 4. The van der Waals surface area contributed by atoms with Gasteiger partial charge in [-0.2, -0.15) is 5.10 Å². The minimum absolute atomic E-state index is 0.0857. The van der Waals surface area contributed by atoms with Crippen molar-refractivity contribution >= 4 is 5.78 Å². The lowest BCUT2D eigenvalue weighted by Crippen LogP contribution is -2.47. The van der Waals surface area contributed by atoms with E-state index >= 15 is 0 Å². The molecule has 2 bridgehead atoms. The summed E-state index contributed by atoms with van der Waals surface area (Å²) >= 11 is 0. The molecule has 0 radical (unpaired) electrons. The Labute approximate surface area is 207 Å². The van der Waals surface area contributed by atoms with E-state index in [1.165, 1.54) is 24.4 Å². The van der Waals surface area contributed by atoms with Crippen LogP contribution in [-0.4, -0.2) is 50.9 Å². The summed E-state index contributed by atoms with van der Waals surface area (Å²) in [6.45, 7) is 4.83. The van der Waals surface area contributed by atoms with Gasteiger partial charge in [-0.05, 0) is 47.9 Å². The van der Waals surface area contributed by atoms with Crippen molar-refractivity contribution in [2.45, 2.75) is 44.4 Å². The van der Waals surface area contributed by atoms with Gasteiger partial charge in [0.2, 0.25) is 0 Å². The van der Waals surface area contributed by atoms with E-state index < -0.39 is 22.5 Å². The summed E-state index contributed by atoms with van der Waals surface area (Å²) in [5, 5.41) is 18.5. The second-order valence-corrected chi connectivity index (χ2v) is 10.9. The summed E-state index contributed by atoms with van der Waals surface area (Å²) in [5.41, 5.74) is 0.960. The van der Waals surface area contributed by atoms with Crippen molar-refractivity contribution < 1.29 is 23.4 Å². The molecule has 36 heavy (non-hydrogen) atoms. The van der Waals surface area contributed by atoms with Crippen molar-refractivity contribution in [3.8, 4) is 11.3 Å². The van der Waals surface area contributed by atoms with E-state index in [0.29, 0.717) is 18.9 Å². The summed E-state index contributed by atoms with van der Waals surface area (Å²) in [6.07, 6.45) is 4.86. The number of carbonyl (C=O) groups is 1. The lowest BCUT2D eigenvalue weighted by Gasteiger charge is -2.39. The molecular weight excluding hydrogens is 466 g/mol. The van der Waals surface area contributed by atoms with Crippen molar-refractivity contribution in [1.82, 2.24) is 20.2 Å². The van der Waals surface area contributed by atoms with Crippen LogP contribution in [-0.2, 0) is 10.2 Å². The molecule has 1 N–H and O–H groups in total. The minimum Gasteiger partial charge on any atom is -0.396 e. The van der Waals surface area contributed by atoms with Crippen molar-refractivity contribution in [3.05, 3.63) is 70.9 Å². The first-order chi connectivity index (χ1) is 17.2. The predicted molar refractivity (Wildman–Crippen MR) is 125 cm³/mol. The van der Waals surface area contributed by atoms with Crippen LogP contribution in [0, 0.1) is 22.5 Å². The Morgan fingerprint density at radius 1 is 1.17 bits per heavy atom. The molecule has 9 heteroatoms. The largest absolute Gasteiger partial charge is 0.396 e. The Balaban J connectivity index is 1.43. The molecule has 3 heterocycles. The Hall–Kier alpha value is -3.17. The van der Waals surface area contributed by atoms with E-state index in [-0.39, 0.29) is 47.1 Å². The average molecular weight is 493 g/mol. The second kappa shape index (κ2) is 7.91. The quantitative estimate of drug-likeness (QED) is 0.520. The monoisotopic (exact) mass is 492 g/mol. The number of hydrogen-bond acceptors (Lipinski definition) is 7. The molecule has 0 unspecified atom stereocenters. The number of benzene rings is 1. The van der Waals surface area contributed by atoms with Gasteiger partial charge in [-0.1, -0.05) is 19.9 Å². The predicted octanol–water partition coefficient (Wildman–Crippen LogP) is 4.00. The van der Waals surface area contributed by atoms with Crippen molar-refractivity contribution in [1.29, 1.82) is 0 Å². The molecule has 2 atom stereocenters. The number of Topliss-reactive ketones (excluding diaryl/α,β-unsaturated/α-hetero) is 1. The number of carbonyl (C=O) groups excluding carboxylic acids is 1. The number of hydrogen-bond donors (Lipinski definition) is 1. The molecule has 1 saturated heterocycles. The number of nitrogens with zero attached hydrogens (tertiary/aromatic N) is 4. The van der Waals surface area contributed by atoms with E-state index in [1.54, 1.807) is 12.3 Å². The highest BCUT2D eigenvalue weighted by atomic mass is 19.1. The van der Waals surface area contributed by atoms with Gasteiger partial charge in [-0.3, -0.25) is 9.78 Å². The van der Waals surface area contributed by atoms with Crippen LogP contribution < -0.4 is 0 Å². The highest BCUT2D eigenvalue weighted by Crippen LogP contribution is 2.69. The molecule has 6 rings (SSSR count). The molecule has 1 saturated carbocycles. The number of halogens is 2. The van der Waals surface area contributed by atoms with Crippen LogP contribution in [0.15, 0.2) is 36.7 Å². The van der Waals surface area contributed by atoms with Gasteiger partial charge in [0.1, 0.15) is 17.3 Å². The number of ketones is 1. The standard InChI is InChI=1S/C27H26F2N4O3/c1-25(2)16-6-7-27(25,22-11-30-10-20(31-22)21(35)9-26(12-34)13-36-14-26)24-15(16)8-19(32-33-24)23-17(28)4-3-5-18(23)29/h3-5,8,10-11,16,34H,6-7,9,12-14H2,1-2H3/t16-,27-/m0/s1. The number of fused-ring (bicyclic) bond motifs is 5. The lowest BCUT2D eigenvalue weighted by atomic mass is 9.66. The smallest absolute Gasteiger partial charge is 0.183 e. The molecule has 3 aromatic rings. The number of aliphatic hydroxyl groups excluding tert-OH is 1. The average Bonchev–Trinajstić information content (AvgIpc) is 3.22. The molecule has 2 aliphatic carbocycles. The van der Waals surface area contributed by atoms with Gasteiger partial charge in [0, 0.05) is 18.0 Å². The SMILES string of the molecule is CC1(C)[C@H]2CC[C@]1(c1cncc(C(=O)CC3(CO)COC3)n1)c1nnc(-c3c(F)cccc3F)cc12. The highest BCUT2D eigenvalue weighted by molar-refractivity contribution is 5.94. The zero-order chi connectivity index (χ0) is 25.3. The summed E-state index contributed by atoms with van der Waals surface area (Å²) < 4.78 is 34.2. The van der Waals surface area contributed by atoms with Crippen molar-refractivity contribution in [3.63, 3.8) is 0 Å². The molecule has 2 fully saturated rings. The maximum absolute atomic E-state index is 14.5. The van der Waals surface area contributed by atoms with E-state index in [0.717, 1.165) is 24.1 Å². The Kier molecular flexibility index (Phi) is 5.11. The zero-order valence-electron chi connectivity index (χ0n) is 20.1. The van der Waals surface area contributed by atoms with Crippen molar-refractivity contribution in [2.75, 3.05) is 19.8 Å². The first-order valence-electron chi connectivity index (χ1n) is 12.1. The first kappa shape index (κ1) is 23.2. The molecular formula is C27H26F2N4O3. The Morgan fingerprint density at radius 2 is 1.92 bits per heavy atom. The van der Waals surface area contributed by atoms with Crippen LogP contribution in [0.2, 0.25) is 0 Å². The van der Waals surface area contributed by atoms with Gasteiger partial charge in [0.05, 0.1) is 54.1 Å². The third-order valence-electron chi connectivity index (χ3n) is 8.65. The van der Waals surface area contributed by atoms with Crippen LogP contribution in [0.4, 0.5) is 8.78 Å². The number of aliphatic hydroxyl groups is 1. The summed E-state index contributed by atoms with van der Waals surface area (Å²) in [7, 11) is 0. The molecule has 1 aliphatic heterocycles. The van der Waals surface area contributed by atoms with Gasteiger partial charge in [0.15, 0.2) is 5.78 Å². The number of ether oxygens (including phenoxy) is 1. The van der Waals surface area contributed by atoms with Crippen molar-refractivity contribution in [2.24, 2.45) is 10.8 Å². The molecule has 7 nitrogen and oxygen atoms in total. The fraction of sp³-hybridized carbons (Fsp3) is 0.444. The maximum Gasteiger partial charge on any atom is 0.183 e. The molecule has 186 valence electrons. The second-order valence-electron chi connectivity index (χ2n) is 10.9. The van der Waals surface area contributed by atoms with Gasteiger partial charge in [-0.15, -0.1) is 5.10 Å². The highest BCUT2D eigenvalue weighted by Gasteiger charge is 2.65. The van der Waals surface area contributed by atoms with E-state index in [9.17, 15) is 18.7 Å². The molecule has 1 aromatic carbocycles. The van der Waals surface area contributed by atoms with Crippen LogP contribution in [0.1, 0.15) is 66.5 Å². The summed E-state index contributed by atoms with van der Waals surface area (Å²) in [5.74, 6) is -1.48. The maximum atomic E-state index is 14.5. The number of rotatable bonds is 6. The third kappa shape index (κ3) is 3.05.